The quantitative estimate of drug-likeness (QED) is 0.843. The Kier molecular flexibility index (Phi) is 4.81. The van der Waals surface area contributed by atoms with Gasteiger partial charge in [-0.3, -0.25) is 0 Å². The van der Waals surface area contributed by atoms with Gasteiger partial charge in [-0.1, -0.05) is 0 Å². The van der Waals surface area contributed by atoms with Crippen LogP contribution < -0.4 is 5.73 Å². The second-order valence-corrected chi connectivity index (χ2v) is 4.62. The number of aliphatic hydroxyl groups excluding tert-OH is 1. The van der Waals surface area contributed by atoms with E-state index in [9.17, 15) is 22.7 Å². The van der Waals surface area contributed by atoms with E-state index in [0.717, 1.165) is 25.0 Å². The van der Waals surface area contributed by atoms with Crippen molar-refractivity contribution in [2.45, 2.75) is 31.2 Å². The third-order valence-electron chi connectivity index (χ3n) is 3.11. The fourth-order valence-corrected chi connectivity index (χ4v) is 1.90. The average molecular weight is 300 g/mol. The molecule has 108 valence electrons. The number of rotatable bonds is 3. The van der Waals surface area contributed by atoms with Crippen molar-refractivity contribution in [1.82, 2.24) is 0 Å². The lowest BCUT2D eigenvalue weighted by molar-refractivity contribution is -0.137. The van der Waals surface area contributed by atoms with Crippen LogP contribution in [-0.2, 0) is 6.18 Å². The molecule has 0 aliphatic heterocycles. The van der Waals surface area contributed by atoms with E-state index in [4.69, 9.17) is 5.73 Å². The fraction of sp³-hybridized carbons (Fsp3) is 0.500. The van der Waals surface area contributed by atoms with E-state index in [1.54, 1.807) is 0 Å². The van der Waals surface area contributed by atoms with Crippen LogP contribution in [0.5, 0.6) is 0 Å². The Morgan fingerprint density at radius 1 is 1.21 bits per heavy atom. The van der Waals surface area contributed by atoms with Crippen molar-refractivity contribution in [3.63, 3.8) is 0 Å². The van der Waals surface area contributed by atoms with Crippen LogP contribution in [0.3, 0.4) is 0 Å². The smallest absolute Gasteiger partial charge is 0.391 e. The number of alkyl halides is 3. The van der Waals surface area contributed by atoms with Crippen molar-refractivity contribution in [1.29, 1.82) is 0 Å². The Morgan fingerprint density at radius 3 is 2.26 bits per heavy atom. The molecular weight excluding hydrogens is 286 g/mol. The van der Waals surface area contributed by atoms with E-state index in [0.29, 0.717) is 6.07 Å². The molecule has 0 bridgehead atoms. The highest BCUT2D eigenvalue weighted by molar-refractivity contribution is 5.85. The van der Waals surface area contributed by atoms with Gasteiger partial charge in [0.15, 0.2) is 0 Å². The zero-order valence-electron chi connectivity index (χ0n) is 9.82. The van der Waals surface area contributed by atoms with E-state index < -0.39 is 29.7 Å². The highest BCUT2D eigenvalue weighted by atomic mass is 35.5. The van der Waals surface area contributed by atoms with Gasteiger partial charge in [-0.15, -0.1) is 12.4 Å². The summed E-state index contributed by atoms with van der Waals surface area (Å²) < 4.78 is 50.7. The zero-order chi connectivity index (χ0) is 13.5. The second kappa shape index (κ2) is 5.64. The monoisotopic (exact) mass is 299 g/mol. The molecule has 1 fully saturated rings. The fourth-order valence-electron chi connectivity index (χ4n) is 1.90. The summed E-state index contributed by atoms with van der Waals surface area (Å²) in [5.41, 5.74) is 4.56. The van der Waals surface area contributed by atoms with E-state index in [-0.39, 0.29) is 23.9 Å². The number of nitrogens with two attached hydrogens (primary N) is 1. The van der Waals surface area contributed by atoms with E-state index in [1.807, 2.05) is 0 Å². The van der Waals surface area contributed by atoms with Gasteiger partial charge < -0.3 is 10.8 Å². The Balaban J connectivity index is 0.00000180. The summed E-state index contributed by atoms with van der Waals surface area (Å²) >= 11 is 0. The molecule has 19 heavy (non-hydrogen) atoms. The van der Waals surface area contributed by atoms with E-state index >= 15 is 0 Å². The summed E-state index contributed by atoms with van der Waals surface area (Å²) in [6.45, 7) is 0. The molecule has 0 amide bonds. The molecule has 0 unspecified atom stereocenters. The second-order valence-electron chi connectivity index (χ2n) is 4.62. The van der Waals surface area contributed by atoms with Crippen molar-refractivity contribution in [3.05, 3.63) is 35.1 Å². The minimum absolute atomic E-state index is 0. The minimum Gasteiger partial charge on any atom is -0.391 e. The number of hydrogen-bond donors (Lipinski definition) is 2. The molecular formula is C12H14ClF4NO. The Bertz CT molecular complexity index is 448. The molecule has 0 radical (unpaired) electrons. The lowest BCUT2D eigenvalue weighted by Crippen LogP contribution is -2.28. The van der Waals surface area contributed by atoms with Crippen molar-refractivity contribution in [3.8, 4) is 0 Å². The predicted molar refractivity (Wildman–Crippen MR) is 64.3 cm³/mol. The molecule has 0 heterocycles. The first-order valence-electron chi connectivity index (χ1n) is 5.60. The van der Waals surface area contributed by atoms with Gasteiger partial charge in [0.1, 0.15) is 5.82 Å². The summed E-state index contributed by atoms with van der Waals surface area (Å²) in [5, 5.41) is 9.77. The van der Waals surface area contributed by atoms with Crippen LogP contribution in [0.4, 0.5) is 17.6 Å². The summed E-state index contributed by atoms with van der Waals surface area (Å²) in [7, 11) is 0. The molecule has 2 atom stereocenters. The Morgan fingerprint density at radius 2 is 1.79 bits per heavy atom. The average Bonchev–Trinajstić information content (AvgIpc) is 3.08. The molecule has 1 aromatic rings. The molecule has 1 aromatic carbocycles. The van der Waals surface area contributed by atoms with Crippen LogP contribution >= 0.6 is 12.4 Å². The molecule has 7 heteroatoms. The molecule has 0 aromatic heterocycles. The number of benzene rings is 1. The molecule has 0 spiro atoms. The summed E-state index contributed by atoms with van der Waals surface area (Å²) in [4.78, 5) is 0. The molecule has 1 aliphatic carbocycles. The molecule has 2 nitrogen and oxygen atoms in total. The van der Waals surface area contributed by atoms with Crippen LogP contribution in [0.15, 0.2) is 18.2 Å². The van der Waals surface area contributed by atoms with Crippen LogP contribution in [-0.4, -0.2) is 11.2 Å². The predicted octanol–water partition coefficient (Wildman–Crippen LogP) is 3.04. The van der Waals surface area contributed by atoms with Gasteiger partial charge in [0.25, 0.3) is 0 Å². The topological polar surface area (TPSA) is 46.2 Å². The van der Waals surface area contributed by atoms with Crippen LogP contribution in [0.25, 0.3) is 0 Å². The first kappa shape index (κ1) is 16.2. The van der Waals surface area contributed by atoms with Gasteiger partial charge >= 0.3 is 6.18 Å². The number of hydrogen-bond acceptors (Lipinski definition) is 2. The van der Waals surface area contributed by atoms with Gasteiger partial charge in [-0.05, 0) is 42.5 Å². The number of halogens is 5. The van der Waals surface area contributed by atoms with Gasteiger partial charge in [0, 0.05) is 0 Å². The molecule has 2 rings (SSSR count). The van der Waals surface area contributed by atoms with Gasteiger partial charge in [0.05, 0.1) is 17.7 Å². The van der Waals surface area contributed by atoms with E-state index in [1.165, 1.54) is 0 Å². The van der Waals surface area contributed by atoms with E-state index in [2.05, 4.69) is 0 Å². The standard InChI is InChI=1S/C12H13F4NO.ClH/c13-9-4-7(3-8(5-9)12(14,15)16)10(17)11(18)6-1-2-6;/h3-6,10-11,18H,1-2,17H2;1H/t10-,11+;/m0./s1. The summed E-state index contributed by atoms with van der Waals surface area (Å²) in [6.07, 6.45) is -3.94. The summed E-state index contributed by atoms with van der Waals surface area (Å²) in [6, 6.07) is 1.15. The maximum atomic E-state index is 13.2. The van der Waals surface area contributed by atoms with Crippen LogP contribution in [0, 0.1) is 11.7 Å². The van der Waals surface area contributed by atoms with Crippen LogP contribution in [0.2, 0.25) is 0 Å². The SMILES string of the molecule is Cl.N[C@@H](c1cc(F)cc(C(F)(F)F)c1)[C@H](O)C1CC1. The molecule has 0 saturated heterocycles. The highest BCUT2D eigenvalue weighted by Crippen LogP contribution is 2.38. The Labute approximate surface area is 114 Å². The zero-order valence-corrected chi connectivity index (χ0v) is 10.6. The first-order valence-corrected chi connectivity index (χ1v) is 5.60. The third kappa shape index (κ3) is 3.81. The third-order valence-corrected chi connectivity index (χ3v) is 3.11. The van der Waals surface area contributed by atoms with Crippen LogP contribution in [0.1, 0.15) is 30.0 Å². The largest absolute Gasteiger partial charge is 0.416 e. The van der Waals surface area contributed by atoms with Gasteiger partial charge in [-0.2, -0.15) is 13.2 Å². The maximum absolute atomic E-state index is 13.2. The number of aliphatic hydroxyl groups is 1. The van der Waals surface area contributed by atoms with Crippen molar-refractivity contribution >= 4 is 12.4 Å². The first-order chi connectivity index (χ1) is 8.29. The highest BCUT2D eigenvalue weighted by Gasteiger charge is 2.36. The summed E-state index contributed by atoms with van der Waals surface area (Å²) in [5.74, 6) is -0.990. The minimum atomic E-state index is -4.62. The normalized spacial score (nSPS) is 18.6. The van der Waals surface area contributed by atoms with Gasteiger partial charge in [-0.25, -0.2) is 4.39 Å². The lowest BCUT2D eigenvalue weighted by atomic mass is 9.97. The molecule has 1 aliphatic rings. The molecule has 3 N–H and O–H groups in total. The van der Waals surface area contributed by atoms with Gasteiger partial charge in [0.2, 0.25) is 0 Å². The molecule has 1 saturated carbocycles. The van der Waals surface area contributed by atoms with Crippen molar-refractivity contribution in [2.75, 3.05) is 0 Å². The Hall–Kier alpha value is -0.850. The maximum Gasteiger partial charge on any atom is 0.416 e. The van der Waals surface area contributed by atoms with Crippen molar-refractivity contribution < 1.29 is 22.7 Å². The van der Waals surface area contributed by atoms with Crippen molar-refractivity contribution in [2.24, 2.45) is 11.7 Å². The lowest BCUT2D eigenvalue weighted by Gasteiger charge is -2.20.